The predicted octanol–water partition coefficient (Wildman–Crippen LogP) is 0.557. The van der Waals surface area contributed by atoms with Crippen molar-refractivity contribution >= 4 is 11.7 Å². The molecule has 0 atom stereocenters. The summed E-state index contributed by atoms with van der Waals surface area (Å²) in [5, 5.41) is 0. The van der Waals surface area contributed by atoms with Gasteiger partial charge in [-0.2, -0.15) is 0 Å². The highest BCUT2D eigenvalue weighted by molar-refractivity contribution is 6.02. The standard InChI is InChI=1S/C26H39N3O2.ClHO4/c1-17(2)28-15-21(25(5,6)7)27-23(28)19-13-11-12-14-20(19)24(31)29(18(3)4)16-22(30)26(8,9)10;2-1(3,4)5/h11-15,17-18H,16H2,1-10H3;(H,2,3,4,5). The number of benzene rings is 1. The monoisotopic (exact) mass is 525 g/mol. The van der Waals surface area contributed by atoms with Gasteiger partial charge in [0.25, 0.3) is 11.7 Å². The maximum atomic E-state index is 13.7. The second kappa shape index (κ2) is 11.8. The van der Waals surface area contributed by atoms with Crippen LogP contribution in [0.15, 0.2) is 30.5 Å². The Bertz CT molecular complexity index is 1040. The van der Waals surface area contributed by atoms with Crippen molar-refractivity contribution in [1.29, 1.82) is 0 Å². The van der Waals surface area contributed by atoms with E-state index in [0.29, 0.717) is 5.56 Å². The van der Waals surface area contributed by atoms with Crippen LogP contribution in [0.25, 0.3) is 11.4 Å². The van der Waals surface area contributed by atoms with Gasteiger partial charge in [-0.3, -0.25) is 9.59 Å². The van der Waals surface area contributed by atoms with E-state index in [-0.39, 0.29) is 35.7 Å². The molecule has 1 heterocycles. The number of hydrogen-bond donors (Lipinski definition) is 1. The molecule has 1 aromatic heterocycles. The lowest BCUT2D eigenvalue weighted by atomic mass is 9.90. The van der Waals surface area contributed by atoms with Gasteiger partial charge in [-0.15, -0.1) is 10.2 Å². The highest BCUT2D eigenvalue weighted by Crippen LogP contribution is 2.27. The highest BCUT2D eigenvalue weighted by Gasteiger charge is 2.32. The summed E-state index contributed by atoms with van der Waals surface area (Å²) in [6.07, 6.45) is 2.14. The van der Waals surface area contributed by atoms with Gasteiger partial charge in [0.2, 0.25) is 0 Å². The molecule has 9 nitrogen and oxygen atoms in total. The van der Waals surface area contributed by atoms with Gasteiger partial charge in [-0.25, -0.2) is 28.2 Å². The zero-order valence-corrected chi connectivity index (χ0v) is 23.7. The third-order valence-corrected chi connectivity index (χ3v) is 5.59. The van der Waals surface area contributed by atoms with Crippen LogP contribution in [0, 0.1) is 15.7 Å². The van der Waals surface area contributed by atoms with Gasteiger partial charge in [0, 0.05) is 16.9 Å². The molecule has 0 radical (unpaired) electrons. The van der Waals surface area contributed by atoms with E-state index in [0.717, 1.165) is 17.1 Å². The van der Waals surface area contributed by atoms with Crippen LogP contribution in [-0.2, 0) is 10.2 Å². The molecular formula is C26H40ClN3O6. The molecule has 0 aliphatic heterocycles. The molecule has 0 spiro atoms. The fourth-order valence-electron chi connectivity index (χ4n) is 3.33. The molecular weight excluding hydrogens is 486 g/mol. The Labute approximate surface area is 216 Å². The van der Waals surface area contributed by atoms with Crippen LogP contribution in [0.3, 0.4) is 0 Å². The summed E-state index contributed by atoms with van der Waals surface area (Å²) >= 11 is 0. The lowest BCUT2D eigenvalue weighted by molar-refractivity contribution is -2.00. The zero-order chi connectivity index (χ0) is 28.2. The Morgan fingerprint density at radius 2 is 1.47 bits per heavy atom. The molecule has 36 heavy (non-hydrogen) atoms. The van der Waals surface area contributed by atoms with E-state index in [9.17, 15) is 9.59 Å². The number of nitrogens with one attached hydrogen (secondary N) is 1. The van der Waals surface area contributed by atoms with Gasteiger partial charge >= 0.3 is 0 Å². The Hall–Kier alpha value is -2.30. The van der Waals surface area contributed by atoms with E-state index in [2.05, 4.69) is 50.4 Å². The molecule has 1 amide bonds. The summed E-state index contributed by atoms with van der Waals surface area (Å²) in [6, 6.07) is 7.82. The summed E-state index contributed by atoms with van der Waals surface area (Å²) < 4.78 is 36.2. The molecule has 2 aromatic rings. The first-order chi connectivity index (χ1) is 16.1. The summed E-state index contributed by atoms with van der Waals surface area (Å²) in [4.78, 5) is 31.7. The van der Waals surface area contributed by atoms with Crippen molar-refractivity contribution in [3.05, 3.63) is 41.7 Å². The van der Waals surface area contributed by atoms with Crippen LogP contribution in [0.1, 0.15) is 91.3 Å². The Morgan fingerprint density at radius 3 is 1.89 bits per heavy atom. The fraction of sp³-hybridized carbons (Fsp3) is 0.577. The van der Waals surface area contributed by atoms with Gasteiger partial charge in [-0.05, 0) is 39.8 Å². The number of rotatable bonds is 6. The summed E-state index contributed by atoms with van der Waals surface area (Å²) in [6.45, 7) is 20.5. The number of nitrogens with zero attached hydrogens (tertiary/aromatic N) is 2. The Kier molecular flexibility index (Phi) is 10.4. The van der Waals surface area contributed by atoms with Gasteiger partial charge in [0.05, 0.1) is 23.7 Å². The molecule has 1 aromatic carbocycles. The lowest BCUT2D eigenvalue weighted by Crippen LogP contribution is -2.68. The van der Waals surface area contributed by atoms with Crippen LogP contribution in [0.2, 0.25) is 0 Å². The molecule has 0 aliphatic carbocycles. The lowest BCUT2D eigenvalue weighted by Gasteiger charge is -2.29. The molecule has 10 heteroatoms. The maximum absolute atomic E-state index is 13.7. The minimum Gasteiger partial charge on any atom is -0.329 e. The number of ketones is 1. The molecule has 0 bridgehead atoms. The number of carbonyl (C=O) groups is 2. The van der Waals surface area contributed by atoms with Gasteiger partial charge in [-0.1, -0.05) is 53.7 Å². The van der Waals surface area contributed by atoms with Crippen molar-refractivity contribution in [1.82, 2.24) is 9.88 Å². The number of imidazole rings is 1. The number of aromatic nitrogens is 2. The summed E-state index contributed by atoms with van der Waals surface area (Å²) in [5.41, 5.74) is 2.04. The van der Waals surface area contributed by atoms with Crippen molar-refractivity contribution in [2.24, 2.45) is 5.41 Å². The smallest absolute Gasteiger partial charge is 0.287 e. The van der Waals surface area contributed by atoms with Gasteiger partial charge < -0.3 is 4.90 Å². The second-order valence-corrected chi connectivity index (χ2v) is 12.1. The van der Waals surface area contributed by atoms with Crippen molar-refractivity contribution in [2.45, 2.75) is 86.7 Å². The topological polar surface area (TPSA) is 149 Å². The first-order valence-electron chi connectivity index (χ1n) is 11.8. The van der Waals surface area contributed by atoms with Crippen molar-refractivity contribution in [3.63, 3.8) is 0 Å². The van der Waals surface area contributed by atoms with Gasteiger partial charge in [0.15, 0.2) is 5.78 Å². The van der Waals surface area contributed by atoms with Gasteiger partial charge in [0.1, 0.15) is 11.9 Å². The third-order valence-electron chi connectivity index (χ3n) is 5.59. The minimum atomic E-state index is -4.94. The zero-order valence-electron chi connectivity index (χ0n) is 23.0. The van der Waals surface area contributed by atoms with Crippen LogP contribution < -0.4 is 23.2 Å². The van der Waals surface area contributed by atoms with E-state index in [1.165, 1.54) is 0 Å². The van der Waals surface area contributed by atoms with E-state index >= 15 is 0 Å². The molecule has 2 rings (SSSR count). The first-order valence-corrected chi connectivity index (χ1v) is 13.1. The predicted molar refractivity (Wildman–Crippen MR) is 126 cm³/mol. The molecule has 202 valence electrons. The summed E-state index contributed by atoms with van der Waals surface area (Å²) in [7, 11) is -4.94. The van der Waals surface area contributed by atoms with E-state index < -0.39 is 15.7 Å². The van der Waals surface area contributed by atoms with E-state index in [1.54, 1.807) is 4.90 Å². The van der Waals surface area contributed by atoms with Crippen LogP contribution in [-0.4, -0.2) is 34.2 Å². The first kappa shape index (κ1) is 31.7. The number of H-pyrrole nitrogens is 1. The number of carbonyl (C=O) groups excluding carboxylic acids is 2. The van der Waals surface area contributed by atoms with Crippen LogP contribution in [0.4, 0.5) is 0 Å². The van der Waals surface area contributed by atoms with Crippen molar-refractivity contribution < 1.29 is 43.0 Å². The summed E-state index contributed by atoms with van der Waals surface area (Å²) in [5.74, 6) is 0.847. The normalized spacial score (nSPS) is 12.4. The second-order valence-electron chi connectivity index (χ2n) is 11.4. The SMILES string of the molecule is CC(C)N(CC(=O)C(C)(C)C)C(=O)c1ccccc1-c1[nH]c(C(C)(C)C)c[n+]1C(C)C.[O-][Cl+3]([O-])([O-])[O-]. The molecule has 0 unspecified atom stereocenters. The molecule has 1 N–H and O–H groups in total. The quantitative estimate of drug-likeness (QED) is 0.544. The van der Waals surface area contributed by atoms with Crippen molar-refractivity contribution in [3.8, 4) is 11.4 Å². The average Bonchev–Trinajstić information content (AvgIpc) is 3.15. The molecule has 0 fully saturated rings. The number of halogens is 1. The maximum Gasteiger partial charge on any atom is 0.287 e. The number of Topliss-reactive ketones (excluding diaryl/α,β-unsaturated/α-hetero) is 1. The minimum absolute atomic E-state index is 0.0447. The van der Waals surface area contributed by atoms with E-state index in [4.69, 9.17) is 18.6 Å². The highest BCUT2D eigenvalue weighted by atomic mass is 35.7. The number of aromatic amines is 1. The van der Waals surface area contributed by atoms with Crippen molar-refractivity contribution in [2.75, 3.05) is 6.54 Å². The number of amides is 1. The molecule has 0 saturated carbocycles. The molecule has 0 saturated heterocycles. The fourth-order valence-corrected chi connectivity index (χ4v) is 3.33. The number of hydrogen-bond acceptors (Lipinski definition) is 6. The van der Waals surface area contributed by atoms with E-state index in [1.807, 2.05) is 58.9 Å². The average molecular weight is 526 g/mol. The third kappa shape index (κ3) is 9.29. The van der Waals surface area contributed by atoms with Crippen LogP contribution >= 0.6 is 0 Å². The Morgan fingerprint density at radius 1 is 0.972 bits per heavy atom. The van der Waals surface area contributed by atoms with Crippen LogP contribution in [0.5, 0.6) is 0 Å². The molecule has 0 aliphatic rings. The largest absolute Gasteiger partial charge is 0.329 e. The Balaban J connectivity index is 0.00000118.